The number of hydrogen-bond donors (Lipinski definition) is 2. The molecule has 2 heterocycles. The lowest BCUT2D eigenvalue weighted by molar-refractivity contribution is -0.133. The van der Waals surface area contributed by atoms with Gasteiger partial charge in [0.1, 0.15) is 17.7 Å². The molecule has 2 N–H and O–H groups in total. The number of pyridine rings is 1. The number of rotatable bonds is 3. The topological polar surface area (TPSA) is 71.1 Å². The second-order valence-corrected chi connectivity index (χ2v) is 4.21. The van der Waals surface area contributed by atoms with Gasteiger partial charge >= 0.3 is 0 Å². The first-order valence-corrected chi connectivity index (χ1v) is 5.94. The van der Waals surface area contributed by atoms with E-state index >= 15 is 0 Å². The number of carbonyl (C=O) groups is 2. The number of piperidine rings is 1. The molecule has 1 atom stereocenters. The lowest BCUT2D eigenvalue weighted by atomic mass is 10.1. The Kier molecular flexibility index (Phi) is 3.76. The van der Waals surface area contributed by atoms with Crippen LogP contribution in [0.15, 0.2) is 12.3 Å². The van der Waals surface area contributed by atoms with Crippen LogP contribution in [0.3, 0.4) is 0 Å². The molecule has 18 heavy (non-hydrogen) atoms. The van der Waals surface area contributed by atoms with E-state index in [0.29, 0.717) is 17.8 Å². The molecule has 0 saturated carbocycles. The fourth-order valence-corrected chi connectivity index (χ4v) is 1.88. The highest BCUT2D eigenvalue weighted by molar-refractivity contribution is 6.17. The minimum atomic E-state index is -0.538. The number of nitrogens with zero attached hydrogens (tertiary/aromatic N) is 1. The molecule has 0 aromatic carbocycles. The Balaban J connectivity index is 2.09. The molecule has 2 rings (SSSR count). The second-order valence-electron chi connectivity index (χ2n) is 3.94. The van der Waals surface area contributed by atoms with Crippen molar-refractivity contribution in [2.75, 3.05) is 5.32 Å². The van der Waals surface area contributed by atoms with Crippen molar-refractivity contribution in [2.45, 2.75) is 24.8 Å². The summed E-state index contributed by atoms with van der Waals surface area (Å²) in [5.41, 5.74) is 0.307. The molecule has 5 nitrogen and oxygen atoms in total. The second kappa shape index (κ2) is 5.30. The molecule has 0 spiro atoms. The molecular weight excluding hydrogens is 261 g/mol. The normalized spacial score (nSPS) is 19.6. The maximum absolute atomic E-state index is 13.2. The van der Waals surface area contributed by atoms with Crippen molar-refractivity contribution >= 4 is 29.2 Å². The van der Waals surface area contributed by atoms with Crippen LogP contribution in [0.5, 0.6) is 0 Å². The Morgan fingerprint density at radius 2 is 2.33 bits per heavy atom. The van der Waals surface area contributed by atoms with Gasteiger partial charge in [-0.25, -0.2) is 9.37 Å². The van der Waals surface area contributed by atoms with Crippen molar-refractivity contribution in [2.24, 2.45) is 0 Å². The average molecular weight is 272 g/mol. The largest absolute Gasteiger partial charge is 0.358 e. The van der Waals surface area contributed by atoms with E-state index < -0.39 is 17.8 Å². The van der Waals surface area contributed by atoms with Crippen molar-refractivity contribution in [3.8, 4) is 0 Å². The van der Waals surface area contributed by atoms with Gasteiger partial charge in [0.25, 0.3) is 0 Å². The number of anilines is 1. The number of amides is 2. The summed E-state index contributed by atoms with van der Waals surface area (Å²) in [5, 5.41) is 5.07. The Morgan fingerprint density at radius 1 is 1.56 bits per heavy atom. The monoisotopic (exact) mass is 271 g/mol. The van der Waals surface area contributed by atoms with Gasteiger partial charge in [-0.05, 0) is 12.5 Å². The number of halogens is 2. The molecule has 0 aliphatic carbocycles. The van der Waals surface area contributed by atoms with Crippen LogP contribution in [-0.2, 0) is 15.5 Å². The quantitative estimate of drug-likeness (QED) is 0.640. The van der Waals surface area contributed by atoms with E-state index in [2.05, 4.69) is 15.6 Å². The number of carbonyl (C=O) groups excluding carboxylic acids is 2. The van der Waals surface area contributed by atoms with Crippen molar-refractivity contribution < 1.29 is 14.0 Å². The summed E-state index contributed by atoms with van der Waals surface area (Å²) in [6, 6.07) is 0.912. The first-order valence-electron chi connectivity index (χ1n) is 5.41. The highest BCUT2D eigenvalue weighted by Crippen LogP contribution is 2.16. The van der Waals surface area contributed by atoms with E-state index in [0.717, 1.165) is 6.20 Å². The van der Waals surface area contributed by atoms with Crippen LogP contribution in [-0.4, -0.2) is 22.8 Å². The molecule has 0 radical (unpaired) electrons. The highest BCUT2D eigenvalue weighted by atomic mass is 35.5. The van der Waals surface area contributed by atoms with Crippen molar-refractivity contribution in [3.05, 3.63) is 23.6 Å². The fourth-order valence-electron chi connectivity index (χ4n) is 1.67. The first-order chi connectivity index (χ1) is 8.60. The van der Waals surface area contributed by atoms with Crippen LogP contribution >= 0.6 is 11.6 Å². The molecule has 7 heteroatoms. The van der Waals surface area contributed by atoms with Gasteiger partial charge in [-0.3, -0.25) is 14.9 Å². The van der Waals surface area contributed by atoms with Crippen LogP contribution in [0.4, 0.5) is 10.2 Å². The number of alkyl halides is 1. The van der Waals surface area contributed by atoms with E-state index in [1.165, 1.54) is 6.07 Å². The Labute approximate surface area is 108 Å². The Bertz CT molecular complexity index is 495. The first kappa shape index (κ1) is 12.8. The maximum atomic E-state index is 13.2. The maximum Gasteiger partial charge on any atom is 0.249 e. The van der Waals surface area contributed by atoms with Gasteiger partial charge < -0.3 is 5.32 Å². The third kappa shape index (κ3) is 2.76. The molecule has 1 fully saturated rings. The predicted molar refractivity (Wildman–Crippen MR) is 63.5 cm³/mol. The van der Waals surface area contributed by atoms with Gasteiger partial charge in [0.05, 0.1) is 12.1 Å². The van der Waals surface area contributed by atoms with E-state index in [1.807, 2.05) is 0 Å². The standard InChI is InChI=1S/C11H11ClFN3O2/c12-4-6-3-9(14-5-7(6)13)15-8-1-2-10(17)16-11(8)18/h3,5,8H,1-2,4H2,(H,14,15)(H,16,17,18). The molecule has 1 aromatic rings. The van der Waals surface area contributed by atoms with Crippen LogP contribution in [0.2, 0.25) is 0 Å². The molecule has 1 unspecified atom stereocenters. The molecule has 2 amide bonds. The molecule has 1 aliphatic rings. The number of aromatic nitrogens is 1. The third-order valence-corrected chi connectivity index (χ3v) is 2.93. The lowest BCUT2D eigenvalue weighted by Crippen LogP contribution is -2.47. The molecule has 1 aromatic heterocycles. The third-order valence-electron chi connectivity index (χ3n) is 2.64. The van der Waals surface area contributed by atoms with E-state index in [9.17, 15) is 14.0 Å². The lowest BCUT2D eigenvalue weighted by Gasteiger charge is -2.22. The van der Waals surface area contributed by atoms with Crippen LogP contribution in [0.25, 0.3) is 0 Å². The van der Waals surface area contributed by atoms with Gasteiger partial charge in [-0.2, -0.15) is 0 Å². The van der Waals surface area contributed by atoms with Crippen LogP contribution in [0, 0.1) is 5.82 Å². The van der Waals surface area contributed by atoms with Gasteiger partial charge in [-0.1, -0.05) is 0 Å². The number of imide groups is 1. The molecule has 1 saturated heterocycles. The average Bonchev–Trinajstić information content (AvgIpc) is 2.35. The molecule has 96 valence electrons. The summed E-state index contributed by atoms with van der Waals surface area (Å²) >= 11 is 5.58. The van der Waals surface area contributed by atoms with Gasteiger partial charge in [-0.15, -0.1) is 11.6 Å². The van der Waals surface area contributed by atoms with Crippen molar-refractivity contribution in [1.82, 2.24) is 10.3 Å². The minimum Gasteiger partial charge on any atom is -0.358 e. The summed E-state index contributed by atoms with van der Waals surface area (Å²) < 4.78 is 13.2. The fraction of sp³-hybridized carbons (Fsp3) is 0.364. The Morgan fingerprint density at radius 3 is 3.00 bits per heavy atom. The van der Waals surface area contributed by atoms with Crippen molar-refractivity contribution in [1.29, 1.82) is 0 Å². The summed E-state index contributed by atoms with van der Waals surface area (Å²) in [5.74, 6) is -0.782. The van der Waals surface area contributed by atoms with E-state index in [4.69, 9.17) is 11.6 Å². The smallest absolute Gasteiger partial charge is 0.249 e. The molecular formula is C11H11ClFN3O2. The van der Waals surface area contributed by atoms with Crippen LogP contribution in [0.1, 0.15) is 18.4 Å². The van der Waals surface area contributed by atoms with Gasteiger partial charge in [0.15, 0.2) is 0 Å². The van der Waals surface area contributed by atoms with E-state index in [-0.39, 0.29) is 18.2 Å². The van der Waals surface area contributed by atoms with Gasteiger partial charge in [0.2, 0.25) is 11.8 Å². The Hall–Kier alpha value is -1.69. The minimum absolute atomic E-state index is 0.0262. The van der Waals surface area contributed by atoms with E-state index in [1.54, 1.807) is 0 Å². The van der Waals surface area contributed by atoms with Gasteiger partial charge in [0, 0.05) is 12.0 Å². The zero-order chi connectivity index (χ0) is 13.1. The van der Waals surface area contributed by atoms with Crippen LogP contribution < -0.4 is 10.6 Å². The summed E-state index contributed by atoms with van der Waals surface area (Å²) in [6.45, 7) is 0. The number of nitrogens with one attached hydrogen (secondary N) is 2. The predicted octanol–water partition coefficient (Wildman–Crippen LogP) is 1.18. The molecule has 0 bridgehead atoms. The molecule has 1 aliphatic heterocycles. The number of hydrogen-bond acceptors (Lipinski definition) is 4. The summed E-state index contributed by atoms with van der Waals surface area (Å²) in [6.07, 6.45) is 1.71. The summed E-state index contributed by atoms with van der Waals surface area (Å²) in [7, 11) is 0. The summed E-state index contributed by atoms with van der Waals surface area (Å²) in [4.78, 5) is 26.3. The zero-order valence-corrected chi connectivity index (χ0v) is 10.1. The zero-order valence-electron chi connectivity index (χ0n) is 9.37. The highest BCUT2D eigenvalue weighted by Gasteiger charge is 2.26. The van der Waals surface area contributed by atoms with Crippen molar-refractivity contribution in [3.63, 3.8) is 0 Å². The SMILES string of the molecule is O=C1CCC(Nc2cc(CCl)c(F)cn2)C(=O)N1.